The molecule has 0 bridgehead atoms. The molecule has 0 aromatic heterocycles. The zero-order valence-corrected chi connectivity index (χ0v) is 18.0. The third-order valence-corrected chi connectivity index (χ3v) is 5.19. The maximum absolute atomic E-state index is 11.0. The molecule has 0 aromatic rings. The van der Waals surface area contributed by atoms with Gasteiger partial charge in [-0.05, 0) is 38.8 Å². The van der Waals surface area contributed by atoms with Crippen molar-refractivity contribution < 1.29 is 4.79 Å². The zero-order chi connectivity index (χ0) is 17.4. The fourth-order valence-electron chi connectivity index (χ4n) is 3.77. The van der Waals surface area contributed by atoms with Crippen LogP contribution in [0, 0.1) is 0 Å². The Bertz CT molecular complexity index is 425. The molecule has 2 aliphatic heterocycles. The standard InChI is InChI=1S/C17H34N6O.HI/c1-3-23-9-5-4-6-15(23)12-20-17(19-2)21-14-7-10-22(11-8-14)13-16(18)24;/h14-15H,3-13H2,1-2H3,(H2,18,24)(H2,19,20,21);1H. The molecular weight excluding hydrogens is 431 g/mol. The van der Waals surface area contributed by atoms with Gasteiger partial charge >= 0.3 is 0 Å². The van der Waals surface area contributed by atoms with Crippen LogP contribution < -0.4 is 16.4 Å². The van der Waals surface area contributed by atoms with Crippen molar-refractivity contribution >= 4 is 35.8 Å². The smallest absolute Gasteiger partial charge is 0.231 e. The first-order chi connectivity index (χ1) is 11.6. The number of hydrogen-bond acceptors (Lipinski definition) is 4. The first-order valence-corrected chi connectivity index (χ1v) is 9.34. The molecule has 0 radical (unpaired) electrons. The minimum Gasteiger partial charge on any atom is -0.369 e. The number of likely N-dealkylation sites (tertiary alicyclic amines) is 2. The molecule has 2 heterocycles. The van der Waals surface area contributed by atoms with Crippen LogP contribution in [0.5, 0.6) is 0 Å². The summed E-state index contributed by atoms with van der Waals surface area (Å²) < 4.78 is 0. The lowest BCUT2D eigenvalue weighted by Gasteiger charge is -2.36. The summed E-state index contributed by atoms with van der Waals surface area (Å²) in [7, 11) is 1.83. The van der Waals surface area contributed by atoms with E-state index < -0.39 is 0 Å². The highest BCUT2D eigenvalue weighted by Gasteiger charge is 2.23. The number of primary amides is 1. The number of halogens is 1. The molecule has 1 amide bonds. The van der Waals surface area contributed by atoms with Gasteiger partial charge in [-0.2, -0.15) is 0 Å². The molecule has 2 rings (SSSR count). The molecule has 1 atom stereocenters. The first-order valence-electron chi connectivity index (χ1n) is 9.34. The number of amides is 1. The minimum atomic E-state index is -0.244. The predicted octanol–water partition coefficient (Wildman–Crippen LogP) is 0.594. The molecule has 8 heteroatoms. The van der Waals surface area contributed by atoms with E-state index in [0.29, 0.717) is 18.6 Å². The van der Waals surface area contributed by atoms with Crippen molar-refractivity contribution in [3.05, 3.63) is 0 Å². The highest BCUT2D eigenvalue weighted by molar-refractivity contribution is 14.0. The fraction of sp³-hybridized carbons (Fsp3) is 0.882. The summed E-state index contributed by atoms with van der Waals surface area (Å²) in [6.07, 6.45) is 5.94. The normalized spacial score (nSPS) is 23.8. The van der Waals surface area contributed by atoms with Gasteiger partial charge in [0.1, 0.15) is 0 Å². The van der Waals surface area contributed by atoms with Crippen molar-refractivity contribution in [2.45, 2.75) is 51.1 Å². The van der Waals surface area contributed by atoms with Gasteiger partial charge in [-0.1, -0.05) is 13.3 Å². The Morgan fingerprint density at radius 3 is 2.52 bits per heavy atom. The summed E-state index contributed by atoms with van der Waals surface area (Å²) in [4.78, 5) is 20.0. The number of nitrogens with zero attached hydrogens (tertiary/aromatic N) is 3. The Hall–Kier alpha value is -0.610. The molecule has 0 saturated carbocycles. The molecule has 7 nitrogen and oxygen atoms in total. The second kappa shape index (κ2) is 11.9. The van der Waals surface area contributed by atoms with E-state index in [-0.39, 0.29) is 29.9 Å². The van der Waals surface area contributed by atoms with Crippen LogP contribution in [0.15, 0.2) is 4.99 Å². The van der Waals surface area contributed by atoms with Gasteiger partial charge in [0, 0.05) is 38.8 Å². The molecule has 2 aliphatic rings. The number of hydrogen-bond donors (Lipinski definition) is 3. The number of guanidine groups is 1. The van der Waals surface area contributed by atoms with Crippen molar-refractivity contribution in [1.29, 1.82) is 0 Å². The first kappa shape index (κ1) is 22.4. The molecule has 0 aliphatic carbocycles. The van der Waals surface area contributed by atoms with E-state index in [2.05, 4.69) is 32.3 Å². The molecule has 0 spiro atoms. The van der Waals surface area contributed by atoms with Crippen LogP contribution in [0.3, 0.4) is 0 Å². The SMILES string of the molecule is CCN1CCCCC1CNC(=NC)NC1CCN(CC(N)=O)CC1.I. The number of nitrogens with one attached hydrogen (secondary N) is 2. The number of nitrogens with two attached hydrogens (primary N) is 1. The van der Waals surface area contributed by atoms with Crippen molar-refractivity contribution in [3.8, 4) is 0 Å². The molecule has 4 N–H and O–H groups in total. The highest BCUT2D eigenvalue weighted by Crippen LogP contribution is 2.15. The lowest BCUT2D eigenvalue weighted by molar-refractivity contribution is -0.119. The van der Waals surface area contributed by atoms with Crippen LogP contribution in [-0.4, -0.2) is 80.1 Å². The molecule has 1 unspecified atom stereocenters. The van der Waals surface area contributed by atoms with E-state index in [1.54, 1.807) is 0 Å². The molecule has 25 heavy (non-hydrogen) atoms. The van der Waals surface area contributed by atoms with Crippen LogP contribution >= 0.6 is 24.0 Å². The van der Waals surface area contributed by atoms with Gasteiger partial charge in [-0.3, -0.25) is 19.6 Å². The number of likely N-dealkylation sites (N-methyl/N-ethyl adjacent to an activating group) is 1. The molecule has 146 valence electrons. The van der Waals surface area contributed by atoms with Crippen LogP contribution in [-0.2, 0) is 4.79 Å². The van der Waals surface area contributed by atoms with E-state index in [0.717, 1.165) is 45.0 Å². The second-order valence-electron chi connectivity index (χ2n) is 6.89. The summed E-state index contributed by atoms with van der Waals surface area (Å²) in [5.74, 6) is 0.650. The number of piperidine rings is 2. The number of carbonyl (C=O) groups is 1. The largest absolute Gasteiger partial charge is 0.369 e. The third kappa shape index (κ3) is 7.65. The summed E-state index contributed by atoms with van der Waals surface area (Å²) in [6.45, 7) is 7.71. The van der Waals surface area contributed by atoms with Crippen LogP contribution in [0.2, 0.25) is 0 Å². The van der Waals surface area contributed by atoms with Gasteiger partial charge < -0.3 is 16.4 Å². The Kier molecular flexibility index (Phi) is 10.7. The molecule has 0 aromatic carbocycles. The minimum absolute atomic E-state index is 0. The van der Waals surface area contributed by atoms with E-state index in [9.17, 15) is 4.79 Å². The quantitative estimate of drug-likeness (QED) is 0.303. The fourth-order valence-corrected chi connectivity index (χ4v) is 3.77. The van der Waals surface area contributed by atoms with Gasteiger partial charge in [0.05, 0.1) is 6.54 Å². The second-order valence-corrected chi connectivity index (χ2v) is 6.89. The average molecular weight is 466 g/mol. The summed E-state index contributed by atoms with van der Waals surface area (Å²) in [5.41, 5.74) is 5.26. The highest BCUT2D eigenvalue weighted by atomic mass is 127. The van der Waals surface area contributed by atoms with Crippen LogP contribution in [0.1, 0.15) is 39.0 Å². The predicted molar refractivity (Wildman–Crippen MR) is 113 cm³/mol. The van der Waals surface area contributed by atoms with Gasteiger partial charge in [0.15, 0.2) is 5.96 Å². The zero-order valence-electron chi connectivity index (χ0n) is 15.7. The molecule has 2 saturated heterocycles. The Labute approximate surface area is 169 Å². The van der Waals surface area contributed by atoms with Gasteiger partial charge in [0.2, 0.25) is 5.91 Å². The summed E-state index contributed by atoms with van der Waals surface area (Å²) in [5, 5.41) is 7.03. The van der Waals surface area contributed by atoms with E-state index in [1.165, 1.54) is 25.8 Å². The van der Waals surface area contributed by atoms with Gasteiger partial charge in [0.25, 0.3) is 0 Å². The molecule has 2 fully saturated rings. The monoisotopic (exact) mass is 466 g/mol. The third-order valence-electron chi connectivity index (χ3n) is 5.19. The van der Waals surface area contributed by atoms with Crippen molar-refractivity contribution in [2.75, 3.05) is 46.3 Å². The lowest BCUT2D eigenvalue weighted by Crippen LogP contribution is -2.52. The van der Waals surface area contributed by atoms with Crippen molar-refractivity contribution in [1.82, 2.24) is 20.4 Å². The van der Waals surface area contributed by atoms with E-state index in [1.807, 2.05) is 7.05 Å². The lowest BCUT2D eigenvalue weighted by atomic mass is 10.0. The maximum atomic E-state index is 11.0. The molecular formula is C17H35IN6O. The van der Waals surface area contributed by atoms with E-state index in [4.69, 9.17) is 5.73 Å². The number of aliphatic imine (C=N–C) groups is 1. The van der Waals surface area contributed by atoms with Gasteiger partial charge in [-0.15, -0.1) is 24.0 Å². The number of carbonyl (C=O) groups excluding carboxylic acids is 1. The summed E-state index contributed by atoms with van der Waals surface area (Å²) in [6, 6.07) is 1.02. The van der Waals surface area contributed by atoms with Crippen LogP contribution in [0.25, 0.3) is 0 Å². The van der Waals surface area contributed by atoms with Crippen molar-refractivity contribution in [2.24, 2.45) is 10.7 Å². The van der Waals surface area contributed by atoms with Crippen molar-refractivity contribution in [3.63, 3.8) is 0 Å². The van der Waals surface area contributed by atoms with E-state index >= 15 is 0 Å². The number of rotatable bonds is 6. The van der Waals surface area contributed by atoms with Crippen LogP contribution in [0.4, 0.5) is 0 Å². The Morgan fingerprint density at radius 1 is 1.20 bits per heavy atom. The topological polar surface area (TPSA) is 86.0 Å². The Morgan fingerprint density at radius 2 is 1.92 bits per heavy atom. The van der Waals surface area contributed by atoms with Gasteiger partial charge in [-0.25, -0.2) is 0 Å². The average Bonchev–Trinajstić information content (AvgIpc) is 2.59. The maximum Gasteiger partial charge on any atom is 0.231 e. The summed E-state index contributed by atoms with van der Waals surface area (Å²) >= 11 is 0. The Balaban J connectivity index is 0.00000312.